The Hall–Kier alpha value is -1.16. The third kappa shape index (κ3) is 5.45. The van der Waals surface area contributed by atoms with Crippen molar-refractivity contribution in [2.45, 2.75) is 25.9 Å². The molecular formula is C12H17O5P. The van der Waals surface area contributed by atoms with Crippen LogP contribution in [0.5, 0.6) is 0 Å². The summed E-state index contributed by atoms with van der Waals surface area (Å²) in [6.07, 6.45) is -0.169. The molecule has 100 valence electrons. The highest BCUT2D eigenvalue weighted by Gasteiger charge is 2.25. The van der Waals surface area contributed by atoms with Crippen molar-refractivity contribution >= 4 is 13.6 Å². The second-order valence-electron chi connectivity index (χ2n) is 4.04. The van der Waals surface area contributed by atoms with Gasteiger partial charge in [0.1, 0.15) is 0 Å². The van der Waals surface area contributed by atoms with Gasteiger partial charge in [-0.15, -0.1) is 0 Å². The van der Waals surface area contributed by atoms with Crippen LogP contribution >= 0.6 is 7.60 Å². The summed E-state index contributed by atoms with van der Waals surface area (Å²) in [5.74, 6) is -1.24. The summed E-state index contributed by atoms with van der Waals surface area (Å²) in [5.41, 5.74) is 1.07. The Balaban J connectivity index is 2.38. The summed E-state index contributed by atoms with van der Waals surface area (Å²) >= 11 is 0. The van der Waals surface area contributed by atoms with Gasteiger partial charge in [-0.05, 0) is 25.3 Å². The van der Waals surface area contributed by atoms with Crippen molar-refractivity contribution in [2.75, 3.05) is 6.16 Å². The predicted octanol–water partition coefficient (Wildman–Crippen LogP) is 2.29. The van der Waals surface area contributed by atoms with Gasteiger partial charge in [0.25, 0.3) is 0 Å². The summed E-state index contributed by atoms with van der Waals surface area (Å²) in [5, 5.41) is 8.59. The molecule has 2 atom stereocenters. The van der Waals surface area contributed by atoms with Crippen molar-refractivity contribution in [3.63, 3.8) is 0 Å². The Morgan fingerprint density at radius 1 is 1.39 bits per heavy atom. The third-order valence-corrected chi connectivity index (χ3v) is 3.95. The summed E-state index contributed by atoms with van der Waals surface area (Å²) in [6, 6.07) is 9.57. The molecule has 0 aliphatic rings. The average molecular weight is 272 g/mol. The first-order chi connectivity index (χ1) is 8.41. The molecule has 1 aromatic rings. The molecule has 6 heteroatoms. The molecule has 0 saturated carbocycles. The van der Waals surface area contributed by atoms with Crippen molar-refractivity contribution in [1.82, 2.24) is 0 Å². The maximum absolute atomic E-state index is 11.6. The lowest BCUT2D eigenvalue weighted by molar-refractivity contribution is -0.144. The number of carbonyl (C=O) groups is 1. The molecule has 0 aliphatic carbocycles. The first-order valence-corrected chi connectivity index (χ1v) is 7.44. The van der Waals surface area contributed by atoms with Crippen molar-refractivity contribution in [2.24, 2.45) is 0 Å². The van der Waals surface area contributed by atoms with Crippen molar-refractivity contribution in [3.05, 3.63) is 35.9 Å². The largest absolute Gasteiger partial charge is 0.479 e. The second-order valence-corrected chi connectivity index (χ2v) is 5.97. The highest BCUT2D eigenvalue weighted by Crippen LogP contribution is 2.44. The van der Waals surface area contributed by atoms with E-state index in [1.807, 2.05) is 30.3 Å². The molecule has 0 bridgehead atoms. The summed E-state index contributed by atoms with van der Waals surface area (Å²) in [4.78, 5) is 20.0. The van der Waals surface area contributed by atoms with E-state index in [0.717, 1.165) is 5.56 Å². The van der Waals surface area contributed by atoms with E-state index in [1.165, 1.54) is 6.92 Å². The number of carboxylic acids is 1. The molecular weight excluding hydrogens is 255 g/mol. The quantitative estimate of drug-likeness (QED) is 0.744. The van der Waals surface area contributed by atoms with E-state index in [0.29, 0.717) is 12.8 Å². The van der Waals surface area contributed by atoms with Crippen LogP contribution in [0.2, 0.25) is 0 Å². The molecule has 0 fully saturated rings. The standard InChI is InChI=1S/C12H17O5P/c1-10(12(13)14)17-18(15,16)9-5-8-11-6-3-2-4-7-11/h2-4,6-7,10H,5,8-9H2,1H3,(H,13,14)(H,15,16)/t10-/m0/s1. The topological polar surface area (TPSA) is 83.8 Å². The van der Waals surface area contributed by atoms with Crippen LogP contribution in [-0.4, -0.2) is 28.2 Å². The maximum Gasteiger partial charge on any atom is 0.333 e. The molecule has 1 rings (SSSR count). The Kier molecular flexibility index (Phi) is 5.54. The van der Waals surface area contributed by atoms with Gasteiger partial charge in [0.15, 0.2) is 6.10 Å². The van der Waals surface area contributed by atoms with E-state index in [2.05, 4.69) is 4.52 Å². The molecule has 2 N–H and O–H groups in total. The number of rotatable bonds is 7. The maximum atomic E-state index is 11.6. The predicted molar refractivity (Wildman–Crippen MR) is 67.6 cm³/mol. The molecule has 0 aliphatic heterocycles. The highest BCUT2D eigenvalue weighted by atomic mass is 31.2. The monoisotopic (exact) mass is 272 g/mol. The van der Waals surface area contributed by atoms with Gasteiger partial charge in [0.05, 0.1) is 6.16 Å². The number of aryl methyl sites for hydroxylation is 1. The minimum Gasteiger partial charge on any atom is -0.479 e. The smallest absolute Gasteiger partial charge is 0.333 e. The van der Waals surface area contributed by atoms with Crippen molar-refractivity contribution in [3.8, 4) is 0 Å². The van der Waals surface area contributed by atoms with Crippen molar-refractivity contribution in [1.29, 1.82) is 0 Å². The van der Waals surface area contributed by atoms with Gasteiger partial charge in [-0.2, -0.15) is 0 Å². The first kappa shape index (κ1) is 14.9. The Morgan fingerprint density at radius 2 is 2.00 bits per heavy atom. The van der Waals surface area contributed by atoms with Gasteiger partial charge in [-0.1, -0.05) is 30.3 Å². The lowest BCUT2D eigenvalue weighted by Crippen LogP contribution is -2.19. The van der Waals surface area contributed by atoms with Crippen LogP contribution in [0.15, 0.2) is 30.3 Å². The normalized spacial score (nSPS) is 15.9. The van der Waals surface area contributed by atoms with Crippen LogP contribution in [0.4, 0.5) is 0 Å². The zero-order chi connectivity index (χ0) is 13.6. The fraction of sp³-hybridized carbons (Fsp3) is 0.417. The van der Waals surface area contributed by atoms with Crippen LogP contribution in [-0.2, 0) is 20.3 Å². The van der Waals surface area contributed by atoms with Crippen LogP contribution in [0.3, 0.4) is 0 Å². The zero-order valence-corrected chi connectivity index (χ0v) is 11.0. The lowest BCUT2D eigenvalue weighted by Gasteiger charge is -2.14. The van der Waals surface area contributed by atoms with Gasteiger partial charge in [0.2, 0.25) is 0 Å². The molecule has 0 radical (unpaired) electrons. The minimum atomic E-state index is -3.82. The highest BCUT2D eigenvalue weighted by molar-refractivity contribution is 7.52. The zero-order valence-electron chi connectivity index (χ0n) is 10.2. The molecule has 0 saturated heterocycles. The van der Waals surface area contributed by atoms with Gasteiger partial charge in [0, 0.05) is 0 Å². The number of aliphatic carboxylic acids is 1. The van der Waals surface area contributed by atoms with Gasteiger partial charge in [-0.25, -0.2) is 4.79 Å². The summed E-state index contributed by atoms with van der Waals surface area (Å²) < 4.78 is 16.2. The number of carboxylic acid groups (broad SMARTS) is 1. The van der Waals surface area contributed by atoms with E-state index in [9.17, 15) is 14.3 Å². The fourth-order valence-corrected chi connectivity index (χ4v) is 2.72. The Morgan fingerprint density at radius 3 is 2.56 bits per heavy atom. The van der Waals surface area contributed by atoms with Gasteiger partial charge >= 0.3 is 13.6 Å². The number of hydrogen-bond donors (Lipinski definition) is 2. The molecule has 0 spiro atoms. The second kappa shape index (κ2) is 6.69. The summed E-state index contributed by atoms with van der Waals surface area (Å²) in [7, 11) is -3.82. The number of benzene rings is 1. The van der Waals surface area contributed by atoms with Crippen LogP contribution < -0.4 is 0 Å². The van der Waals surface area contributed by atoms with E-state index in [1.54, 1.807) is 0 Å². The molecule has 5 nitrogen and oxygen atoms in total. The number of hydrogen-bond acceptors (Lipinski definition) is 3. The van der Waals surface area contributed by atoms with Crippen LogP contribution in [0.1, 0.15) is 18.9 Å². The first-order valence-electron chi connectivity index (χ1n) is 5.68. The van der Waals surface area contributed by atoms with Crippen molar-refractivity contribution < 1.29 is 23.9 Å². The SMILES string of the molecule is C[C@H](OP(=O)(O)CCCc1ccccc1)C(=O)O. The van der Waals surface area contributed by atoms with Gasteiger partial charge in [-0.3, -0.25) is 9.09 Å². The van der Waals surface area contributed by atoms with Crippen LogP contribution in [0, 0.1) is 0 Å². The van der Waals surface area contributed by atoms with Gasteiger partial charge < -0.3 is 10.00 Å². The molecule has 0 aromatic heterocycles. The molecule has 0 amide bonds. The summed E-state index contributed by atoms with van der Waals surface area (Å²) in [6.45, 7) is 1.24. The van der Waals surface area contributed by atoms with E-state index < -0.39 is 19.7 Å². The fourth-order valence-electron chi connectivity index (χ4n) is 1.47. The molecule has 0 heterocycles. The average Bonchev–Trinajstić information content (AvgIpc) is 2.29. The molecule has 1 unspecified atom stereocenters. The van der Waals surface area contributed by atoms with E-state index >= 15 is 0 Å². The molecule has 1 aromatic carbocycles. The lowest BCUT2D eigenvalue weighted by atomic mass is 10.1. The van der Waals surface area contributed by atoms with E-state index in [-0.39, 0.29) is 6.16 Å². The third-order valence-electron chi connectivity index (χ3n) is 2.42. The van der Waals surface area contributed by atoms with E-state index in [4.69, 9.17) is 5.11 Å². The Labute approximate surface area is 106 Å². The van der Waals surface area contributed by atoms with Crippen LogP contribution in [0.25, 0.3) is 0 Å². The molecule has 18 heavy (non-hydrogen) atoms. The Bertz CT molecular complexity index is 431. The minimum absolute atomic E-state index is 0.0421.